The lowest BCUT2D eigenvalue weighted by Crippen LogP contribution is -2.22. The summed E-state index contributed by atoms with van der Waals surface area (Å²) in [5, 5.41) is 3.61. The predicted octanol–water partition coefficient (Wildman–Crippen LogP) is 4.31. The molecule has 0 unspecified atom stereocenters. The molecule has 1 heterocycles. The van der Waals surface area contributed by atoms with E-state index in [1.807, 2.05) is 0 Å². The maximum atomic E-state index is 13.7. The average Bonchev–Trinajstić information content (AvgIpc) is 2.66. The molecule has 30 heavy (non-hydrogen) atoms. The molecule has 0 bridgehead atoms. The largest absolute Gasteiger partial charge is 0.417 e. The van der Waals surface area contributed by atoms with Crippen molar-refractivity contribution in [3.8, 4) is 11.1 Å². The maximum Gasteiger partial charge on any atom is 0.417 e. The van der Waals surface area contributed by atoms with Gasteiger partial charge in [0.2, 0.25) is 9.84 Å². The van der Waals surface area contributed by atoms with Gasteiger partial charge < -0.3 is 0 Å². The highest BCUT2D eigenvalue weighted by molar-refractivity contribution is 7.91. The summed E-state index contributed by atoms with van der Waals surface area (Å²) in [5.74, 6) is 0. The average molecular weight is 448 g/mol. The minimum Gasteiger partial charge on any atom is -0.268 e. The Kier molecular flexibility index (Phi) is 5.23. The fourth-order valence-corrected chi connectivity index (χ4v) is 4.27. The van der Waals surface area contributed by atoms with Crippen LogP contribution in [0.2, 0.25) is 0 Å². The van der Waals surface area contributed by atoms with Crippen LogP contribution in [0.1, 0.15) is 11.1 Å². The standard InChI is InChI=1S/C18H10F6N2O3S/c19-17(20,21)12-8-11(10-4-2-1-3-5-10)9-13(18(22,23)24)16(12)30(28,29)15-7-6-14(27)25-26-15/h1-9H,(H,25,27). The Hall–Kier alpha value is -3.15. The van der Waals surface area contributed by atoms with Crippen molar-refractivity contribution < 1.29 is 34.8 Å². The molecule has 2 aromatic carbocycles. The Morgan fingerprint density at radius 3 is 1.73 bits per heavy atom. The summed E-state index contributed by atoms with van der Waals surface area (Å²) in [6.07, 6.45) is -10.9. The van der Waals surface area contributed by atoms with E-state index in [4.69, 9.17) is 0 Å². The molecule has 0 aliphatic heterocycles. The van der Waals surface area contributed by atoms with E-state index in [1.54, 1.807) is 5.10 Å². The molecule has 0 fully saturated rings. The third-order valence-electron chi connectivity index (χ3n) is 4.00. The summed E-state index contributed by atoms with van der Waals surface area (Å²) < 4.78 is 108. The molecule has 0 aliphatic carbocycles. The van der Waals surface area contributed by atoms with Crippen LogP contribution in [0.25, 0.3) is 11.1 Å². The van der Waals surface area contributed by atoms with Crippen LogP contribution in [0.3, 0.4) is 0 Å². The lowest BCUT2D eigenvalue weighted by atomic mass is 9.99. The molecule has 1 N–H and O–H groups in total. The summed E-state index contributed by atoms with van der Waals surface area (Å²) >= 11 is 0. The van der Waals surface area contributed by atoms with Crippen LogP contribution < -0.4 is 5.56 Å². The van der Waals surface area contributed by atoms with E-state index in [1.165, 1.54) is 30.3 Å². The first kappa shape index (κ1) is 21.6. The lowest BCUT2D eigenvalue weighted by Gasteiger charge is -2.20. The molecule has 5 nitrogen and oxygen atoms in total. The predicted molar refractivity (Wildman–Crippen MR) is 92.2 cm³/mol. The van der Waals surface area contributed by atoms with Gasteiger partial charge in [-0.05, 0) is 29.3 Å². The zero-order valence-electron chi connectivity index (χ0n) is 14.5. The highest BCUT2D eigenvalue weighted by Crippen LogP contribution is 2.45. The summed E-state index contributed by atoms with van der Waals surface area (Å²) in [6.45, 7) is 0. The Labute approximate surface area is 164 Å². The van der Waals surface area contributed by atoms with E-state index >= 15 is 0 Å². The fourth-order valence-electron chi connectivity index (χ4n) is 2.72. The van der Waals surface area contributed by atoms with Crippen molar-refractivity contribution in [2.24, 2.45) is 0 Å². The third-order valence-corrected chi connectivity index (χ3v) is 5.76. The zero-order valence-corrected chi connectivity index (χ0v) is 15.4. The van der Waals surface area contributed by atoms with Crippen molar-refractivity contribution in [1.29, 1.82) is 0 Å². The Morgan fingerprint density at radius 2 is 1.30 bits per heavy atom. The van der Waals surface area contributed by atoms with Crippen molar-refractivity contribution in [2.75, 3.05) is 0 Å². The smallest absolute Gasteiger partial charge is 0.268 e. The maximum absolute atomic E-state index is 13.7. The van der Waals surface area contributed by atoms with E-state index in [0.717, 1.165) is 0 Å². The number of nitrogens with zero attached hydrogens (tertiary/aromatic N) is 1. The molecule has 12 heteroatoms. The quantitative estimate of drug-likeness (QED) is 0.606. The van der Waals surface area contributed by atoms with Crippen molar-refractivity contribution in [3.63, 3.8) is 0 Å². The van der Waals surface area contributed by atoms with E-state index in [9.17, 15) is 39.6 Å². The van der Waals surface area contributed by atoms with Crippen LogP contribution in [0.4, 0.5) is 26.3 Å². The number of benzene rings is 2. The van der Waals surface area contributed by atoms with Crippen molar-refractivity contribution in [3.05, 3.63) is 76.1 Å². The highest BCUT2D eigenvalue weighted by Gasteiger charge is 2.46. The number of hydrogen-bond donors (Lipinski definition) is 1. The summed E-state index contributed by atoms with van der Waals surface area (Å²) in [5.41, 5.74) is -5.32. The second-order valence-corrected chi connectivity index (χ2v) is 7.86. The first-order valence-electron chi connectivity index (χ1n) is 8.00. The second-order valence-electron chi connectivity index (χ2n) is 6.02. The molecule has 0 radical (unpaired) electrons. The van der Waals surface area contributed by atoms with Gasteiger partial charge in [0.05, 0.1) is 16.0 Å². The van der Waals surface area contributed by atoms with Gasteiger partial charge in [0.25, 0.3) is 5.56 Å². The molecular weight excluding hydrogens is 438 g/mol. The number of aromatic amines is 1. The first-order valence-corrected chi connectivity index (χ1v) is 9.49. The number of alkyl halides is 6. The number of rotatable bonds is 3. The molecule has 0 saturated carbocycles. The molecule has 0 amide bonds. The van der Waals surface area contributed by atoms with Crippen LogP contribution in [-0.4, -0.2) is 18.6 Å². The molecular formula is C18H10F6N2O3S. The summed E-state index contributed by atoms with van der Waals surface area (Å²) in [4.78, 5) is 9.08. The third kappa shape index (κ3) is 4.08. The summed E-state index contributed by atoms with van der Waals surface area (Å²) in [7, 11) is -5.40. The van der Waals surface area contributed by atoms with Gasteiger partial charge in [-0.2, -0.15) is 31.4 Å². The van der Waals surface area contributed by atoms with Crippen LogP contribution in [0.15, 0.2) is 69.3 Å². The van der Waals surface area contributed by atoms with E-state index in [-0.39, 0.29) is 5.56 Å². The van der Waals surface area contributed by atoms with Gasteiger partial charge in [-0.1, -0.05) is 30.3 Å². The monoisotopic (exact) mass is 448 g/mol. The Balaban J connectivity index is 2.44. The van der Waals surface area contributed by atoms with Gasteiger partial charge >= 0.3 is 12.4 Å². The van der Waals surface area contributed by atoms with Crippen LogP contribution in [0, 0.1) is 0 Å². The number of aromatic nitrogens is 2. The van der Waals surface area contributed by atoms with E-state index in [0.29, 0.717) is 24.3 Å². The zero-order chi connectivity index (χ0) is 22.3. The number of sulfone groups is 1. The highest BCUT2D eigenvalue weighted by atomic mass is 32.2. The van der Waals surface area contributed by atoms with Gasteiger partial charge in [-0.25, -0.2) is 13.5 Å². The van der Waals surface area contributed by atoms with Crippen molar-refractivity contribution in [1.82, 2.24) is 10.2 Å². The topological polar surface area (TPSA) is 79.9 Å². The molecule has 1 aromatic heterocycles. The fraction of sp³-hybridized carbons (Fsp3) is 0.111. The SMILES string of the molecule is O=c1ccc(S(=O)(=O)c2c(C(F)(F)F)cc(-c3ccccc3)cc2C(F)(F)F)n[nH]1. The minimum atomic E-state index is -5.44. The van der Waals surface area contributed by atoms with Crippen LogP contribution >= 0.6 is 0 Å². The van der Waals surface area contributed by atoms with Gasteiger partial charge in [-0.3, -0.25) is 4.79 Å². The van der Waals surface area contributed by atoms with Crippen LogP contribution in [-0.2, 0) is 22.2 Å². The minimum absolute atomic E-state index is 0.0274. The van der Waals surface area contributed by atoms with Crippen LogP contribution in [0.5, 0.6) is 0 Å². The van der Waals surface area contributed by atoms with Gasteiger partial charge in [-0.15, -0.1) is 0 Å². The molecule has 3 rings (SSSR count). The number of halogens is 6. The number of nitrogens with one attached hydrogen (secondary N) is 1. The van der Waals surface area contributed by atoms with E-state index in [2.05, 4.69) is 5.10 Å². The molecule has 0 atom stereocenters. The first-order chi connectivity index (χ1) is 13.8. The van der Waals surface area contributed by atoms with Gasteiger partial charge in [0.15, 0.2) is 5.03 Å². The Morgan fingerprint density at radius 1 is 0.767 bits per heavy atom. The summed E-state index contributed by atoms with van der Waals surface area (Å²) in [6, 6.07) is 8.72. The normalized spacial score (nSPS) is 12.7. The van der Waals surface area contributed by atoms with Gasteiger partial charge in [0.1, 0.15) is 0 Å². The van der Waals surface area contributed by atoms with Gasteiger partial charge in [0, 0.05) is 6.07 Å². The molecule has 0 aliphatic rings. The lowest BCUT2D eigenvalue weighted by molar-refractivity contribution is -0.147. The number of H-pyrrole nitrogens is 1. The van der Waals surface area contributed by atoms with Crippen molar-refractivity contribution >= 4 is 9.84 Å². The van der Waals surface area contributed by atoms with E-state index < -0.39 is 54.4 Å². The second kappa shape index (κ2) is 7.27. The molecule has 0 saturated heterocycles. The Bertz CT molecular complexity index is 1190. The molecule has 3 aromatic rings. The molecule has 158 valence electrons. The number of hydrogen-bond acceptors (Lipinski definition) is 4. The molecule has 0 spiro atoms. The van der Waals surface area contributed by atoms with Crippen molar-refractivity contribution in [2.45, 2.75) is 22.3 Å².